The van der Waals surface area contributed by atoms with E-state index < -0.39 is 5.60 Å². The van der Waals surface area contributed by atoms with Crippen LogP contribution >= 0.6 is 0 Å². The molecule has 4 aliphatic rings. The number of aliphatic hydroxyl groups excluding tert-OH is 2. The van der Waals surface area contributed by atoms with Crippen molar-refractivity contribution in [2.75, 3.05) is 7.11 Å². The molecule has 2 N–H and O–H groups in total. The first kappa shape index (κ1) is 28.4. The predicted molar refractivity (Wildman–Crippen MR) is 162 cm³/mol. The second kappa shape index (κ2) is 10.9. The van der Waals surface area contributed by atoms with Crippen molar-refractivity contribution in [2.24, 2.45) is 46.3 Å². The Balaban J connectivity index is 1.22. The maximum absolute atomic E-state index is 11.4. The zero-order valence-electron chi connectivity index (χ0n) is 25.3. The third kappa shape index (κ3) is 4.50. The minimum Gasteiger partial charge on any atom is -0.393 e. The molecule has 10 atom stereocenters. The van der Waals surface area contributed by atoms with Crippen molar-refractivity contribution in [3.63, 3.8) is 0 Å². The highest BCUT2D eigenvalue weighted by Gasteiger charge is 2.62. The summed E-state index contributed by atoms with van der Waals surface area (Å²) in [6, 6.07) is 21.6. The van der Waals surface area contributed by atoms with Gasteiger partial charge in [0.25, 0.3) is 0 Å². The summed E-state index contributed by atoms with van der Waals surface area (Å²) in [5, 5.41) is 21.8. The summed E-state index contributed by atoms with van der Waals surface area (Å²) >= 11 is 0. The van der Waals surface area contributed by atoms with Gasteiger partial charge in [0.1, 0.15) is 5.60 Å². The quantitative estimate of drug-likeness (QED) is 0.371. The third-order valence-corrected chi connectivity index (χ3v) is 13.2. The molecule has 0 bridgehead atoms. The van der Waals surface area contributed by atoms with Crippen LogP contribution in [0.5, 0.6) is 0 Å². The van der Waals surface area contributed by atoms with Crippen molar-refractivity contribution < 1.29 is 14.9 Å². The topological polar surface area (TPSA) is 49.7 Å². The lowest BCUT2D eigenvalue weighted by atomic mass is 9.43. The first-order chi connectivity index (χ1) is 19.2. The molecule has 2 aromatic rings. The van der Waals surface area contributed by atoms with E-state index in [0.29, 0.717) is 29.1 Å². The van der Waals surface area contributed by atoms with Crippen LogP contribution in [0.4, 0.5) is 0 Å². The Bertz CT molecular complexity index is 1090. The molecule has 4 aliphatic carbocycles. The lowest BCUT2D eigenvalue weighted by Crippen LogP contribution is -2.58. The van der Waals surface area contributed by atoms with Crippen LogP contribution in [0.1, 0.15) is 96.1 Å². The van der Waals surface area contributed by atoms with Crippen LogP contribution < -0.4 is 0 Å². The summed E-state index contributed by atoms with van der Waals surface area (Å²) < 4.78 is 6.46. The van der Waals surface area contributed by atoms with Crippen molar-refractivity contribution in [2.45, 2.75) is 103 Å². The van der Waals surface area contributed by atoms with Gasteiger partial charge >= 0.3 is 0 Å². The molecule has 6 rings (SSSR count). The second-order valence-electron chi connectivity index (χ2n) is 14.7. The average Bonchev–Trinajstić information content (AvgIpc) is 3.33. The SMILES string of the molecule is COC(CC[C@@H](C)[C@H]1CC[C@H]2[C@@H]3C[C@H](O)C4C[C@H](O)CC[C@]4(C)[C@H]3CC[C@]12C)(c1ccccc1)c1ccccc1. The summed E-state index contributed by atoms with van der Waals surface area (Å²) in [4.78, 5) is 0. The normalized spacial score (nSPS) is 40.1. The highest BCUT2D eigenvalue weighted by molar-refractivity contribution is 5.36. The molecule has 0 saturated heterocycles. The Labute approximate surface area is 242 Å². The summed E-state index contributed by atoms with van der Waals surface area (Å²) in [6.07, 6.45) is 10.6. The first-order valence-corrected chi connectivity index (χ1v) is 16.3. The largest absolute Gasteiger partial charge is 0.393 e. The van der Waals surface area contributed by atoms with Gasteiger partial charge in [-0.1, -0.05) is 81.4 Å². The first-order valence-electron chi connectivity index (χ1n) is 16.3. The molecule has 3 nitrogen and oxygen atoms in total. The molecule has 218 valence electrons. The van der Waals surface area contributed by atoms with Gasteiger partial charge in [0.2, 0.25) is 0 Å². The van der Waals surface area contributed by atoms with Crippen molar-refractivity contribution >= 4 is 0 Å². The smallest absolute Gasteiger partial charge is 0.118 e. The highest BCUT2D eigenvalue weighted by atomic mass is 16.5. The van der Waals surface area contributed by atoms with Crippen LogP contribution in [0.3, 0.4) is 0 Å². The molecule has 4 fully saturated rings. The minimum absolute atomic E-state index is 0.191. The van der Waals surface area contributed by atoms with Crippen LogP contribution in [0.15, 0.2) is 60.7 Å². The number of ether oxygens (including phenoxy) is 1. The number of benzene rings is 2. The number of hydrogen-bond donors (Lipinski definition) is 2. The molecule has 0 aliphatic heterocycles. The van der Waals surface area contributed by atoms with Crippen LogP contribution in [0.25, 0.3) is 0 Å². The van der Waals surface area contributed by atoms with Gasteiger partial charge < -0.3 is 14.9 Å². The van der Waals surface area contributed by atoms with Gasteiger partial charge in [0.15, 0.2) is 0 Å². The molecule has 0 amide bonds. The number of rotatable bonds is 7. The Morgan fingerprint density at radius 2 is 1.40 bits per heavy atom. The van der Waals surface area contributed by atoms with E-state index in [-0.39, 0.29) is 23.5 Å². The molecule has 4 saturated carbocycles. The Morgan fingerprint density at radius 1 is 0.800 bits per heavy atom. The number of hydrogen-bond acceptors (Lipinski definition) is 3. The molecule has 0 heterocycles. The molecule has 0 spiro atoms. The monoisotopic (exact) mass is 544 g/mol. The van der Waals surface area contributed by atoms with E-state index >= 15 is 0 Å². The van der Waals surface area contributed by atoms with Crippen LogP contribution in [-0.4, -0.2) is 29.5 Å². The molecule has 1 unspecified atom stereocenters. The lowest BCUT2D eigenvalue weighted by Gasteiger charge is -2.62. The van der Waals surface area contributed by atoms with Crippen molar-refractivity contribution in [3.05, 3.63) is 71.8 Å². The minimum atomic E-state index is -0.435. The molecule has 40 heavy (non-hydrogen) atoms. The Kier molecular flexibility index (Phi) is 7.72. The van der Waals surface area contributed by atoms with Crippen LogP contribution in [-0.2, 0) is 10.3 Å². The molecular formula is C37H52O3. The fourth-order valence-corrected chi connectivity index (χ4v) is 11.1. The number of aliphatic hydroxyl groups is 2. The fourth-order valence-electron chi connectivity index (χ4n) is 11.1. The fraction of sp³-hybridized carbons (Fsp3) is 0.676. The Morgan fingerprint density at radius 3 is 2.02 bits per heavy atom. The summed E-state index contributed by atoms with van der Waals surface area (Å²) in [5.74, 6) is 3.67. The van der Waals surface area contributed by atoms with Crippen molar-refractivity contribution in [1.29, 1.82) is 0 Å². The summed E-state index contributed by atoms with van der Waals surface area (Å²) in [7, 11) is 1.88. The summed E-state index contributed by atoms with van der Waals surface area (Å²) in [5.41, 5.74) is 2.59. The van der Waals surface area contributed by atoms with Gasteiger partial charge in [0.05, 0.1) is 12.2 Å². The number of methoxy groups -OCH3 is 1. The van der Waals surface area contributed by atoms with Gasteiger partial charge in [-0.15, -0.1) is 0 Å². The maximum atomic E-state index is 11.4. The Hall–Kier alpha value is -1.68. The van der Waals surface area contributed by atoms with E-state index in [2.05, 4.69) is 81.4 Å². The van der Waals surface area contributed by atoms with E-state index in [1.165, 1.54) is 36.8 Å². The zero-order chi connectivity index (χ0) is 28.1. The standard InChI is InChI=1S/C37H52O3/c1-25(17-22-37(40-4,26-11-7-5-8-12-26)27-13-9-6-10-14-27)30-15-16-31-29-24-34(39)33-23-28(38)18-20-36(33,3)32(29)19-21-35(30,31)2/h5-14,25,28-34,38-39H,15-24H2,1-4H3/t25-,28-,29+,30-,31+,32+,33?,34+,35-,36-/m1/s1. The maximum Gasteiger partial charge on any atom is 0.118 e. The van der Waals surface area contributed by atoms with Crippen molar-refractivity contribution in [1.82, 2.24) is 0 Å². The van der Waals surface area contributed by atoms with Gasteiger partial charge in [0, 0.05) is 7.11 Å². The van der Waals surface area contributed by atoms with Crippen LogP contribution in [0, 0.1) is 46.3 Å². The summed E-state index contributed by atoms with van der Waals surface area (Å²) in [6.45, 7) is 7.60. The molecule has 2 aromatic carbocycles. The van der Waals surface area contributed by atoms with E-state index in [1.54, 1.807) is 0 Å². The molecule has 0 aromatic heterocycles. The van der Waals surface area contributed by atoms with Gasteiger partial charge in [-0.3, -0.25) is 0 Å². The van der Waals surface area contributed by atoms with E-state index in [9.17, 15) is 10.2 Å². The predicted octanol–water partition coefficient (Wildman–Crippen LogP) is 7.98. The number of fused-ring (bicyclic) bond motifs is 5. The molecular weight excluding hydrogens is 492 g/mol. The zero-order valence-corrected chi connectivity index (χ0v) is 25.3. The van der Waals surface area contributed by atoms with Crippen LogP contribution in [0.2, 0.25) is 0 Å². The lowest BCUT2D eigenvalue weighted by molar-refractivity contribution is -0.172. The van der Waals surface area contributed by atoms with Gasteiger partial charge in [-0.25, -0.2) is 0 Å². The van der Waals surface area contributed by atoms with Gasteiger partial charge in [-0.05, 0) is 122 Å². The third-order valence-electron chi connectivity index (χ3n) is 13.2. The van der Waals surface area contributed by atoms with Gasteiger partial charge in [-0.2, -0.15) is 0 Å². The molecule has 3 heteroatoms. The second-order valence-corrected chi connectivity index (χ2v) is 14.7. The van der Waals surface area contributed by atoms with E-state index in [4.69, 9.17) is 4.74 Å². The van der Waals surface area contributed by atoms with Crippen molar-refractivity contribution in [3.8, 4) is 0 Å². The van der Waals surface area contributed by atoms with E-state index in [0.717, 1.165) is 44.4 Å². The highest BCUT2D eigenvalue weighted by Crippen LogP contribution is 2.68. The van der Waals surface area contributed by atoms with E-state index in [1.807, 2.05) is 7.11 Å². The molecule has 0 radical (unpaired) electrons. The average molecular weight is 545 g/mol.